The first-order valence-corrected chi connectivity index (χ1v) is 12.5. The molecule has 0 N–H and O–H groups in total. The van der Waals surface area contributed by atoms with Gasteiger partial charge in [-0.2, -0.15) is 0 Å². The summed E-state index contributed by atoms with van der Waals surface area (Å²) in [5.41, 5.74) is 1.48. The van der Waals surface area contributed by atoms with Gasteiger partial charge in [-0.15, -0.1) is 5.10 Å². The molecule has 3 aromatic carbocycles. The molecule has 1 amide bonds. The lowest BCUT2D eigenvalue weighted by molar-refractivity contribution is -0.156. The van der Waals surface area contributed by atoms with Crippen LogP contribution in [0.1, 0.15) is 17.5 Å². The molecule has 0 aliphatic carbocycles. The van der Waals surface area contributed by atoms with Gasteiger partial charge in [-0.25, -0.2) is 9.48 Å². The molecule has 0 radical (unpaired) electrons. The molecule has 9 heteroatoms. The van der Waals surface area contributed by atoms with E-state index in [0.717, 1.165) is 5.56 Å². The van der Waals surface area contributed by atoms with Gasteiger partial charge in [0.1, 0.15) is 23.8 Å². The van der Waals surface area contributed by atoms with Gasteiger partial charge >= 0.3 is 11.9 Å². The van der Waals surface area contributed by atoms with Gasteiger partial charge in [0.15, 0.2) is 0 Å². The van der Waals surface area contributed by atoms with Crippen LogP contribution in [0.5, 0.6) is 0 Å². The van der Waals surface area contributed by atoms with Gasteiger partial charge in [0.05, 0.1) is 26.3 Å². The van der Waals surface area contributed by atoms with Crippen LogP contribution in [0.4, 0.5) is 0 Å². The average molecular weight is 525 g/mol. The molecule has 1 saturated heterocycles. The van der Waals surface area contributed by atoms with Gasteiger partial charge in [0, 0.05) is 5.56 Å². The van der Waals surface area contributed by atoms with Gasteiger partial charge < -0.3 is 14.4 Å². The maximum absolute atomic E-state index is 14.3. The lowest BCUT2D eigenvalue weighted by Crippen LogP contribution is -2.55. The van der Waals surface area contributed by atoms with Crippen molar-refractivity contribution in [2.75, 3.05) is 14.2 Å². The smallest absolute Gasteiger partial charge is 0.328 e. The Kier molecular flexibility index (Phi) is 7.23. The summed E-state index contributed by atoms with van der Waals surface area (Å²) >= 11 is 0. The molecule has 0 unspecified atom stereocenters. The molecular formula is C30H28N4O5. The summed E-state index contributed by atoms with van der Waals surface area (Å²) in [6.07, 6.45) is 1.71. The molecule has 1 aliphatic rings. The van der Waals surface area contributed by atoms with Gasteiger partial charge in [0.25, 0.3) is 0 Å². The van der Waals surface area contributed by atoms with E-state index in [1.54, 1.807) is 6.20 Å². The Bertz CT molecular complexity index is 1420. The topological polar surface area (TPSA) is 104 Å². The molecule has 5 rings (SSSR count). The van der Waals surface area contributed by atoms with E-state index in [9.17, 15) is 14.4 Å². The van der Waals surface area contributed by atoms with Crippen molar-refractivity contribution in [1.82, 2.24) is 19.9 Å². The second kappa shape index (κ2) is 10.9. The summed E-state index contributed by atoms with van der Waals surface area (Å²) in [7, 11) is 2.58. The fourth-order valence-corrected chi connectivity index (χ4v) is 5.59. The van der Waals surface area contributed by atoms with Crippen LogP contribution in [0.2, 0.25) is 0 Å². The lowest BCUT2D eigenvalue weighted by atomic mass is 9.73. The highest BCUT2D eigenvalue weighted by Gasteiger charge is 2.62. The first-order chi connectivity index (χ1) is 19.0. The summed E-state index contributed by atoms with van der Waals surface area (Å²) in [5.74, 6) is -2.45. The summed E-state index contributed by atoms with van der Waals surface area (Å²) < 4.78 is 11.8. The van der Waals surface area contributed by atoms with E-state index in [4.69, 9.17) is 9.47 Å². The van der Waals surface area contributed by atoms with Crippen molar-refractivity contribution < 1.29 is 23.9 Å². The van der Waals surface area contributed by atoms with E-state index in [1.165, 1.54) is 23.8 Å². The number of benzene rings is 3. The number of amides is 1. The zero-order valence-electron chi connectivity index (χ0n) is 21.6. The molecule has 0 saturated carbocycles. The molecule has 0 bridgehead atoms. The number of carbonyl (C=O) groups excluding carboxylic acids is 3. The van der Waals surface area contributed by atoms with Crippen molar-refractivity contribution in [2.45, 2.75) is 24.5 Å². The van der Waals surface area contributed by atoms with Crippen LogP contribution in [0.25, 0.3) is 11.3 Å². The van der Waals surface area contributed by atoms with E-state index in [-0.39, 0.29) is 13.0 Å². The van der Waals surface area contributed by atoms with Crippen molar-refractivity contribution >= 4 is 17.8 Å². The van der Waals surface area contributed by atoms with Crippen molar-refractivity contribution in [2.24, 2.45) is 5.92 Å². The highest BCUT2D eigenvalue weighted by molar-refractivity contribution is 5.90. The van der Waals surface area contributed by atoms with Crippen molar-refractivity contribution in [1.29, 1.82) is 0 Å². The molecule has 2 atom stereocenters. The SMILES string of the molecule is COC(=O)[C@H]1C[C@@H](C(=O)OC)C(c2ccccc2)(c2ccccc2)N1C(=O)Cn1cc(-c2ccccc2)nn1. The Labute approximate surface area is 226 Å². The molecule has 2 heterocycles. The van der Waals surface area contributed by atoms with Gasteiger partial charge in [-0.05, 0) is 17.5 Å². The summed E-state index contributed by atoms with van der Waals surface area (Å²) in [6, 6.07) is 26.9. The number of carbonyl (C=O) groups is 3. The number of rotatable bonds is 7. The van der Waals surface area contributed by atoms with Gasteiger partial charge in [0.2, 0.25) is 5.91 Å². The predicted octanol–water partition coefficient (Wildman–Crippen LogP) is 3.45. The average Bonchev–Trinajstić information content (AvgIpc) is 3.61. The van der Waals surface area contributed by atoms with Gasteiger partial charge in [-0.3, -0.25) is 9.59 Å². The lowest BCUT2D eigenvalue weighted by Gasteiger charge is -2.43. The highest BCUT2D eigenvalue weighted by Crippen LogP contribution is 2.52. The van der Waals surface area contributed by atoms with E-state index >= 15 is 0 Å². The fraction of sp³-hybridized carbons (Fsp3) is 0.233. The molecule has 1 aliphatic heterocycles. The number of likely N-dealkylation sites (tertiary alicyclic amines) is 1. The van der Waals surface area contributed by atoms with Crippen LogP contribution in [0, 0.1) is 5.92 Å². The number of methoxy groups -OCH3 is 2. The molecular weight excluding hydrogens is 496 g/mol. The summed E-state index contributed by atoms with van der Waals surface area (Å²) in [6.45, 7) is -0.206. The minimum atomic E-state index is -1.34. The second-order valence-electron chi connectivity index (χ2n) is 9.28. The van der Waals surface area contributed by atoms with Crippen LogP contribution < -0.4 is 0 Å². The third-order valence-electron chi connectivity index (χ3n) is 7.22. The van der Waals surface area contributed by atoms with Gasteiger partial charge in [-0.1, -0.05) is 96.2 Å². The molecule has 1 fully saturated rings. The quantitative estimate of drug-likeness (QED) is 0.341. The molecule has 39 heavy (non-hydrogen) atoms. The first-order valence-electron chi connectivity index (χ1n) is 12.5. The van der Waals surface area contributed by atoms with Crippen molar-refractivity contribution in [3.8, 4) is 11.3 Å². The number of hydrogen-bond donors (Lipinski definition) is 0. The Hall–Kier alpha value is -4.79. The number of esters is 2. The Morgan fingerprint density at radius 3 is 1.90 bits per heavy atom. The summed E-state index contributed by atoms with van der Waals surface area (Å²) in [4.78, 5) is 42.3. The highest BCUT2D eigenvalue weighted by atomic mass is 16.5. The number of ether oxygens (including phenoxy) is 2. The molecule has 198 valence electrons. The van der Waals surface area contributed by atoms with E-state index < -0.39 is 35.3 Å². The zero-order chi connectivity index (χ0) is 27.4. The van der Waals surface area contributed by atoms with Crippen LogP contribution >= 0.6 is 0 Å². The molecule has 0 spiro atoms. The maximum atomic E-state index is 14.3. The maximum Gasteiger partial charge on any atom is 0.328 e. The predicted molar refractivity (Wildman–Crippen MR) is 142 cm³/mol. The summed E-state index contributed by atoms with van der Waals surface area (Å²) in [5, 5.41) is 8.39. The first kappa shape index (κ1) is 25.8. The third kappa shape index (κ3) is 4.56. The zero-order valence-corrected chi connectivity index (χ0v) is 21.6. The van der Waals surface area contributed by atoms with Crippen LogP contribution in [0.3, 0.4) is 0 Å². The monoisotopic (exact) mass is 524 g/mol. The Morgan fingerprint density at radius 1 is 0.821 bits per heavy atom. The van der Waals surface area contributed by atoms with Crippen LogP contribution in [-0.2, 0) is 35.9 Å². The van der Waals surface area contributed by atoms with Crippen molar-refractivity contribution in [3.05, 3.63) is 108 Å². The largest absolute Gasteiger partial charge is 0.469 e. The normalized spacial score (nSPS) is 17.9. The van der Waals surface area contributed by atoms with Crippen LogP contribution in [0.15, 0.2) is 97.2 Å². The number of nitrogens with zero attached hydrogens (tertiary/aromatic N) is 4. The van der Waals surface area contributed by atoms with Crippen LogP contribution in [-0.4, -0.2) is 58.0 Å². The minimum absolute atomic E-state index is 0.0293. The number of aromatic nitrogens is 3. The third-order valence-corrected chi connectivity index (χ3v) is 7.22. The second-order valence-corrected chi connectivity index (χ2v) is 9.28. The molecule has 9 nitrogen and oxygen atoms in total. The number of hydrogen-bond acceptors (Lipinski definition) is 7. The molecule has 1 aromatic heterocycles. The Balaban J connectivity index is 1.66. The minimum Gasteiger partial charge on any atom is -0.469 e. The molecule has 4 aromatic rings. The van der Waals surface area contributed by atoms with E-state index in [1.807, 2.05) is 91.0 Å². The van der Waals surface area contributed by atoms with E-state index in [0.29, 0.717) is 16.8 Å². The Morgan fingerprint density at radius 2 is 1.36 bits per heavy atom. The fourth-order valence-electron chi connectivity index (χ4n) is 5.59. The van der Waals surface area contributed by atoms with Crippen molar-refractivity contribution in [3.63, 3.8) is 0 Å². The van der Waals surface area contributed by atoms with E-state index in [2.05, 4.69) is 10.3 Å². The standard InChI is InChI=1S/C30H28N4O5/c1-38-28(36)24-18-26(29(37)39-2)34(27(35)20-33-19-25(31-32-33)21-12-6-3-7-13-21)30(24,22-14-8-4-9-15-22)23-16-10-5-11-17-23/h3-17,19,24,26H,18,20H2,1-2H3/t24-,26+/m0/s1.